The second-order valence-corrected chi connectivity index (χ2v) is 3.91. The van der Waals surface area contributed by atoms with Crippen LogP contribution in [-0.2, 0) is 0 Å². The maximum absolute atomic E-state index is 11.8. The van der Waals surface area contributed by atoms with Gasteiger partial charge >= 0.3 is 0 Å². The van der Waals surface area contributed by atoms with Gasteiger partial charge in [0.25, 0.3) is 5.91 Å². The molecule has 0 spiro atoms. The number of hydrogen-bond acceptors (Lipinski definition) is 6. The Balaban J connectivity index is 2.24. The van der Waals surface area contributed by atoms with Gasteiger partial charge in [0.05, 0.1) is 12.7 Å². The Bertz CT molecular complexity index is 528. The number of carbonyl (C=O) groups is 1. The molecule has 0 unspecified atom stereocenters. The summed E-state index contributed by atoms with van der Waals surface area (Å²) in [5.74, 6) is -0.0869. The minimum atomic E-state index is -0.460. The van der Waals surface area contributed by atoms with E-state index in [1.54, 1.807) is 6.07 Å². The Morgan fingerprint density at radius 2 is 2.35 bits per heavy atom. The van der Waals surface area contributed by atoms with E-state index in [1.165, 1.54) is 36.1 Å². The minimum absolute atomic E-state index is 0.118. The smallest absolute Gasteiger partial charge is 0.261 e. The van der Waals surface area contributed by atoms with Crippen molar-refractivity contribution in [2.45, 2.75) is 0 Å². The van der Waals surface area contributed by atoms with Crippen LogP contribution in [0.5, 0.6) is 11.5 Å². The fraction of sp³-hybridized carbons (Fsp3) is 0.100. The second-order valence-electron chi connectivity index (χ2n) is 3.08. The van der Waals surface area contributed by atoms with Crippen molar-refractivity contribution in [3.05, 3.63) is 29.3 Å². The molecule has 1 amide bonds. The summed E-state index contributed by atoms with van der Waals surface area (Å²) in [7, 11) is 1.48. The molecule has 7 heteroatoms. The average Bonchev–Trinajstić information content (AvgIpc) is 2.82. The number of benzene rings is 1. The molecule has 0 bridgehead atoms. The highest BCUT2D eigenvalue weighted by molar-refractivity contribution is 7.13. The van der Waals surface area contributed by atoms with Gasteiger partial charge in [-0.1, -0.05) is 11.3 Å². The Hall–Kier alpha value is -2.15. The first kappa shape index (κ1) is 11.3. The van der Waals surface area contributed by atoms with Crippen molar-refractivity contribution in [3.63, 3.8) is 0 Å². The molecule has 0 saturated carbocycles. The zero-order valence-corrected chi connectivity index (χ0v) is 9.69. The molecule has 6 nitrogen and oxygen atoms in total. The maximum atomic E-state index is 11.8. The van der Waals surface area contributed by atoms with E-state index in [9.17, 15) is 9.90 Å². The summed E-state index contributed by atoms with van der Waals surface area (Å²) in [5.41, 5.74) is 1.63. The molecule has 2 N–H and O–H groups in total. The highest BCUT2D eigenvalue weighted by Gasteiger charge is 2.13. The number of hydrogen-bond donors (Lipinski definition) is 2. The minimum Gasteiger partial charge on any atom is -0.507 e. The molecule has 1 aromatic heterocycles. The van der Waals surface area contributed by atoms with E-state index in [4.69, 9.17) is 4.74 Å². The SMILES string of the molecule is COc1ccc(O)c(C(=O)Nc2nncs2)c1. The zero-order chi connectivity index (χ0) is 12.3. The van der Waals surface area contributed by atoms with Gasteiger partial charge in [-0.3, -0.25) is 10.1 Å². The standard InChI is InChI=1S/C10H9N3O3S/c1-16-6-2-3-8(14)7(4-6)9(15)12-10-13-11-5-17-10/h2-5,14H,1H3,(H,12,13,15). The van der Waals surface area contributed by atoms with Gasteiger partial charge in [-0.2, -0.15) is 0 Å². The summed E-state index contributed by atoms with van der Waals surface area (Å²) < 4.78 is 4.98. The lowest BCUT2D eigenvalue weighted by atomic mass is 10.2. The van der Waals surface area contributed by atoms with Gasteiger partial charge in [0, 0.05) is 0 Å². The van der Waals surface area contributed by atoms with E-state index < -0.39 is 5.91 Å². The number of nitrogens with one attached hydrogen (secondary N) is 1. The molecule has 2 rings (SSSR count). The average molecular weight is 251 g/mol. The number of nitrogens with zero attached hydrogens (tertiary/aromatic N) is 2. The molecule has 0 radical (unpaired) electrons. The molecular formula is C10H9N3O3S. The number of rotatable bonds is 3. The number of phenols is 1. The molecule has 2 aromatic rings. The van der Waals surface area contributed by atoms with Crippen LogP contribution in [0.25, 0.3) is 0 Å². The van der Waals surface area contributed by atoms with Crippen molar-refractivity contribution in [2.24, 2.45) is 0 Å². The highest BCUT2D eigenvalue weighted by Crippen LogP contribution is 2.23. The first-order valence-corrected chi connectivity index (χ1v) is 5.53. The summed E-state index contributed by atoms with van der Waals surface area (Å²) in [4.78, 5) is 11.8. The fourth-order valence-corrected chi connectivity index (χ4v) is 1.66. The Morgan fingerprint density at radius 1 is 1.53 bits per heavy atom. The summed E-state index contributed by atoms with van der Waals surface area (Å²) in [6, 6.07) is 4.41. The normalized spacial score (nSPS) is 9.94. The lowest BCUT2D eigenvalue weighted by Crippen LogP contribution is -2.12. The Labute approximate surface area is 101 Å². The lowest BCUT2D eigenvalue weighted by Gasteiger charge is -2.06. The molecule has 0 atom stereocenters. The number of amides is 1. The monoisotopic (exact) mass is 251 g/mol. The number of methoxy groups -OCH3 is 1. The molecule has 0 aliphatic heterocycles. The molecule has 0 aliphatic carbocycles. The summed E-state index contributed by atoms with van der Waals surface area (Å²) >= 11 is 1.19. The number of carbonyl (C=O) groups excluding carboxylic acids is 1. The fourth-order valence-electron chi connectivity index (χ4n) is 1.22. The summed E-state index contributed by atoms with van der Waals surface area (Å²) in [5, 5.41) is 19.7. The Kier molecular flexibility index (Phi) is 3.20. The van der Waals surface area contributed by atoms with Crippen molar-refractivity contribution in [1.82, 2.24) is 10.2 Å². The van der Waals surface area contributed by atoms with E-state index in [0.29, 0.717) is 10.9 Å². The molecule has 0 aliphatic rings. The van der Waals surface area contributed by atoms with Crippen LogP contribution in [0.15, 0.2) is 23.7 Å². The molecule has 0 fully saturated rings. The number of ether oxygens (including phenoxy) is 1. The summed E-state index contributed by atoms with van der Waals surface area (Å²) in [6.45, 7) is 0. The maximum Gasteiger partial charge on any atom is 0.261 e. The van der Waals surface area contributed by atoms with E-state index >= 15 is 0 Å². The van der Waals surface area contributed by atoms with Crippen molar-refractivity contribution in [1.29, 1.82) is 0 Å². The third kappa shape index (κ3) is 2.51. The largest absolute Gasteiger partial charge is 0.507 e. The van der Waals surface area contributed by atoms with Gasteiger partial charge in [-0.15, -0.1) is 10.2 Å². The zero-order valence-electron chi connectivity index (χ0n) is 8.88. The van der Waals surface area contributed by atoms with Crippen molar-refractivity contribution >= 4 is 22.4 Å². The van der Waals surface area contributed by atoms with Gasteiger partial charge in [-0.05, 0) is 18.2 Å². The van der Waals surface area contributed by atoms with E-state index in [-0.39, 0.29) is 11.3 Å². The highest BCUT2D eigenvalue weighted by atomic mass is 32.1. The molecular weight excluding hydrogens is 242 g/mol. The van der Waals surface area contributed by atoms with Gasteiger partial charge in [-0.25, -0.2) is 0 Å². The lowest BCUT2D eigenvalue weighted by molar-refractivity contribution is 0.102. The van der Waals surface area contributed by atoms with E-state index in [1.807, 2.05) is 0 Å². The van der Waals surface area contributed by atoms with Gasteiger partial charge in [0.1, 0.15) is 17.0 Å². The van der Waals surface area contributed by atoms with Crippen LogP contribution in [0.3, 0.4) is 0 Å². The van der Waals surface area contributed by atoms with Crippen molar-refractivity contribution in [2.75, 3.05) is 12.4 Å². The number of aromatic hydroxyl groups is 1. The van der Waals surface area contributed by atoms with Crippen LogP contribution < -0.4 is 10.1 Å². The van der Waals surface area contributed by atoms with Crippen LogP contribution in [0.1, 0.15) is 10.4 Å². The molecule has 1 aromatic carbocycles. The molecule has 17 heavy (non-hydrogen) atoms. The van der Waals surface area contributed by atoms with Gasteiger partial charge in [0.15, 0.2) is 0 Å². The summed E-state index contributed by atoms with van der Waals surface area (Å²) in [6.07, 6.45) is 0. The predicted octanol–water partition coefficient (Wildman–Crippen LogP) is 1.50. The van der Waals surface area contributed by atoms with Gasteiger partial charge < -0.3 is 9.84 Å². The van der Waals surface area contributed by atoms with Crippen molar-refractivity contribution < 1.29 is 14.6 Å². The number of aromatic nitrogens is 2. The third-order valence-corrected chi connectivity index (χ3v) is 2.64. The van der Waals surface area contributed by atoms with Crippen LogP contribution in [0.4, 0.5) is 5.13 Å². The topological polar surface area (TPSA) is 84.3 Å². The van der Waals surface area contributed by atoms with Crippen LogP contribution in [-0.4, -0.2) is 28.3 Å². The number of anilines is 1. The first-order valence-electron chi connectivity index (χ1n) is 4.65. The van der Waals surface area contributed by atoms with E-state index in [2.05, 4.69) is 15.5 Å². The number of phenolic OH excluding ortho intramolecular Hbond substituents is 1. The van der Waals surface area contributed by atoms with Crippen LogP contribution in [0, 0.1) is 0 Å². The third-order valence-electron chi connectivity index (χ3n) is 2.03. The Morgan fingerprint density at radius 3 is 3.00 bits per heavy atom. The molecule has 88 valence electrons. The van der Waals surface area contributed by atoms with Crippen LogP contribution in [0.2, 0.25) is 0 Å². The molecule has 1 heterocycles. The van der Waals surface area contributed by atoms with Gasteiger partial charge in [0.2, 0.25) is 5.13 Å². The quantitative estimate of drug-likeness (QED) is 0.863. The second kappa shape index (κ2) is 4.79. The molecule has 0 saturated heterocycles. The predicted molar refractivity (Wildman–Crippen MR) is 62.5 cm³/mol. The first-order chi connectivity index (χ1) is 8.20. The van der Waals surface area contributed by atoms with E-state index in [0.717, 1.165) is 0 Å². The van der Waals surface area contributed by atoms with Crippen LogP contribution >= 0.6 is 11.3 Å². The van der Waals surface area contributed by atoms with Crippen molar-refractivity contribution in [3.8, 4) is 11.5 Å².